The van der Waals surface area contributed by atoms with Crippen molar-refractivity contribution in [3.63, 3.8) is 0 Å². The fourth-order valence-electron chi connectivity index (χ4n) is 1.64. The number of aryl methyl sites for hydroxylation is 1. The van der Waals surface area contributed by atoms with Crippen LogP contribution in [0.5, 0.6) is 11.5 Å². The first kappa shape index (κ1) is 15.3. The van der Waals surface area contributed by atoms with Gasteiger partial charge in [-0.1, -0.05) is 13.8 Å². The number of anilines is 1. The van der Waals surface area contributed by atoms with E-state index < -0.39 is 0 Å². The molecule has 0 aliphatic carbocycles. The fraction of sp³-hybridized carbons (Fsp3) is 0.500. The van der Waals surface area contributed by atoms with Gasteiger partial charge in [0.15, 0.2) is 0 Å². The molecule has 0 unspecified atom stereocenters. The lowest BCUT2D eigenvalue weighted by atomic mass is 10.1. The average Bonchev–Trinajstić information content (AvgIpc) is 2.38. The van der Waals surface area contributed by atoms with Gasteiger partial charge in [0.05, 0.1) is 26.5 Å². The predicted molar refractivity (Wildman–Crippen MR) is 76.1 cm³/mol. The summed E-state index contributed by atoms with van der Waals surface area (Å²) in [5, 5.41) is 5.92. The highest BCUT2D eigenvalue weighted by molar-refractivity contribution is 5.94. The minimum atomic E-state index is -0.0970. The number of amides is 1. The third kappa shape index (κ3) is 4.44. The maximum absolute atomic E-state index is 11.8. The SMILES string of the molecule is COc1cc(C)c(NC(=O)CNC(C)C)c(OC)c1. The molecule has 0 bridgehead atoms. The highest BCUT2D eigenvalue weighted by atomic mass is 16.5. The Morgan fingerprint density at radius 3 is 2.47 bits per heavy atom. The highest BCUT2D eigenvalue weighted by Gasteiger charge is 2.12. The van der Waals surface area contributed by atoms with E-state index in [2.05, 4.69) is 10.6 Å². The Bertz CT molecular complexity index is 445. The first-order valence-corrected chi connectivity index (χ1v) is 6.23. The topological polar surface area (TPSA) is 59.6 Å². The Labute approximate surface area is 114 Å². The van der Waals surface area contributed by atoms with E-state index >= 15 is 0 Å². The first-order chi connectivity index (χ1) is 8.97. The van der Waals surface area contributed by atoms with Gasteiger partial charge in [-0.15, -0.1) is 0 Å². The number of carbonyl (C=O) groups excluding carboxylic acids is 1. The molecule has 0 aliphatic rings. The van der Waals surface area contributed by atoms with Crippen molar-refractivity contribution in [2.24, 2.45) is 0 Å². The summed E-state index contributed by atoms with van der Waals surface area (Å²) in [5.74, 6) is 1.20. The second-order valence-electron chi connectivity index (χ2n) is 4.61. The Kier molecular flexibility index (Phi) is 5.63. The van der Waals surface area contributed by atoms with Gasteiger partial charge in [0.25, 0.3) is 0 Å². The van der Waals surface area contributed by atoms with Gasteiger partial charge in [-0.05, 0) is 18.6 Å². The Hall–Kier alpha value is -1.75. The molecule has 0 aliphatic heterocycles. The van der Waals surface area contributed by atoms with Crippen molar-refractivity contribution in [2.75, 3.05) is 26.1 Å². The van der Waals surface area contributed by atoms with Crippen molar-refractivity contribution in [1.82, 2.24) is 5.32 Å². The Morgan fingerprint density at radius 1 is 1.26 bits per heavy atom. The van der Waals surface area contributed by atoms with Crippen molar-refractivity contribution in [3.8, 4) is 11.5 Å². The summed E-state index contributed by atoms with van der Waals surface area (Å²) in [6.07, 6.45) is 0. The molecule has 0 saturated heterocycles. The lowest BCUT2D eigenvalue weighted by Gasteiger charge is -2.15. The van der Waals surface area contributed by atoms with Crippen LogP contribution in [0.25, 0.3) is 0 Å². The van der Waals surface area contributed by atoms with Crippen LogP contribution in [0.15, 0.2) is 12.1 Å². The van der Waals surface area contributed by atoms with Crippen LogP contribution in [0.1, 0.15) is 19.4 Å². The number of benzene rings is 1. The van der Waals surface area contributed by atoms with Crippen LogP contribution in [-0.2, 0) is 4.79 Å². The van der Waals surface area contributed by atoms with Crippen molar-refractivity contribution in [2.45, 2.75) is 26.8 Å². The van der Waals surface area contributed by atoms with Gasteiger partial charge in [-0.3, -0.25) is 4.79 Å². The molecule has 0 spiro atoms. The van der Waals surface area contributed by atoms with E-state index in [1.54, 1.807) is 20.3 Å². The maximum atomic E-state index is 11.8. The normalized spacial score (nSPS) is 10.4. The molecule has 0 radical (unpaired) electrons. The van der Waals surface area contributed by atoms with Crippen molar-refractivity contribution >= 4 is 11.6 Å². The van der Waals surface area contributed by atoms with Gasteiger partial charge in [-0.2, -0.15) is 0 Å². The molecule has 0 atom stereocenters. The van der Waals surface area contributed by atoms with E-state index in [1.165, 1.54) is 0 Å². The van der Waals surface area contributed by atoms with Gasteiger partial charge in [0, 0.05) is 12.1 Å². The molecular formula is C14H22N2O3. The molecule has 2 N–H and O–H groups in total. The summed E-state index contributed by atoms with van der Waals surface area (Å²) >= 11 is 0. The third-order valence-corrected chi connectivity index (χ3v) is 2.66. The molecule has 1 rings (SSSR count). The molecule has 1 aromatic rings. The standard InChI is InChI=1S/C14H22N2O3/c1-9(2)15-8-13(17)16-14-10(3)6-11(18-4)7-12(14)19-5/h6-7,9,15H,8H2,1-5H3,(H,16,17). The van der Waals surface area contributed by atoms with Crippen molar-refractivity contribution < 1.29 is 14.3 Å². The summed E-state index contributed by atoms with van der Waals surface area (Å²) < 4.78 is 10.5. The molecule has 106 valence electrons. The average molecular weight is 266 g/mol. The number of hydrogen-bond donors (Lipinski definition) is 2. The van der Waals surface area contributed by atoms with Crippen LogP contribution >= 0.6 is 0 Å². The monoisotopic (exact) mass is 266 g/mol. The van der Waals surface area contributed by atoms with Gasteiger partial charge in [0.1, 0.15) is 11.5 Å². The molecule has 0 saturated carbocycles. The second kappa shape index (κ2) is 6.99. The molecule has 1 aromatic carbocycles. The zero-order chi connectivity index (χ0) is 14.4. The summed E-state index contributed by atoms with van der Waals surface area (Å²) in [6.45, 7) is 6.15. The lowest BCUT2D eigenvalue weighted by Crippen LogP contribution is -2.32. The van der Waals surface area contributed by atoms with E-state index in [4.69, 9.17) is 9.47 Å². The van der Waals surface area contributed by atoms with Crippen LogP contribution in [0.3, 0.4) is 0 Å². The van der Waals surface area contributed by atoms with E-state index in [0.717, 1.165) is 5.56 Å². The van der Waals surface area contributed by atoms with Crippen LogP contribution in [0.4, 0.5) is 5.69 Å². The molecule has 0 aromatic heterocycles. The summed E-state index contributed by atoms with van der Waals surface area (Å²) in [5.41, 5.74) is 1.58. The third-order valence-electron chi connectivity index (χ3n) is 2.66. The largest absolute Gasteiger partial charge is 0.497 e. The maximum Gasteiger partial charge on any atom is 0.238 e. The molecule has 1 amide bonds. The molecule has 0 heterocycles. The molecule has 0 fully saturated rings. The quantitative estimate of drug-likeness (QED) is 0.826. The van der Waals surface area contributed by atoms with Crippen LogP contribution < -0.4 is 20.1 Å². The number of methoxy groups -OCH3 is 2. The minimum absolute atomic E-state index is 0.0970. The highest BCUT2D eigenvalue weighted by Crippen LogP contribution is 2.32. The van der Waals surface area contributed by atoms with E-state index in [0.29, 0.717) is 17.2 Å². The van der Waals surface area contributed by atoms with Crippen LogP contribution in [0.2, 0.25) is 0 Å². The number of carbonyl (C=O) groups is 1. The summed E-state index contributed by atoms with van der Waals surface area (Å²) in [4.78, 5) is 11.8. The number of nitrogens with one attached hydrogen (secondary N) is 2. The summed E-state index contributed by atoms with van der Waals surface area (Å²) in [6, 6.07) is 3.87. The van der Waals surface area contributed by atoms with E-state index in [-0.39, 0.29) is 18.5 Å². The Morgan fingerprint density at radius 2 is 1.95 bits per heavy atom. The lowest BCUT2D eigenvalue weighted by molar-refractivity contribution is -0.115. The molecule has 5 nitrogen and oxygen atoms in total. The van der Waals surface area contributed by atoms with Crippen LogP contribution in [0, 0.1) is 6.92 Å². The molecule has 19 heavy (non-hydrogen) atoms. The molecule has 5 heteroatoms. The molecular weight excluding hydrogens is 244 g/mol. The minimum Gasteiger partial charge on any atom is -0.497 e. The van der Waals surface area contributed by atoms with Gasteiger partial charge >= 0.3 is 0 Å². The number of ether oxygens (including phenoxy) is 2. The van der Waals surface area contributed by atoms with E-state index in [1.807, 2.05) is 26.8 Å². The van der Waals surface area contributed by atoms with Gasteiger partial charge in [-0.25, -0.2) is 0 Å². The van der Waals surface area contributed by atoms with Gasteiger partial charge in [0.2, 0.25) is 5.91 Å². The smallest absolute Gasteiger partial charge is 0.238 e. The Balaban J connectivity index is 2.85. The van der Waals surface area contributed by atoms with Crippen molar-refractivity contribution in [1.29, 1.82) is 0 Å². The number of hydrogen-bond acceptors (Lipinski definition) is 4. The number of rotatable bonds is 6. The second-order valence-corrected chi connectivity index (χ2v) is 4.61. The van der Waals surface area contributed by atoms with Crippen LogP contribution in [-0.4, -0.2) is 32.7 Å². The zero-order valence-corrected chi connectivity index (χ0v) is 12.2. The predicted octanol–water partition coefficient (Wildman–Crippen LogP) is 1.95. The van der Waals surface area contributed by atoms with Crippen molar-refractivity contribution in [3.05, 3.63) is 17.7 Å². The first-order valence-electron chi connectivity index (χ1n) is 6.23. The fourth-order valence-corrected chi connectivity index (χ4v) is 1.64. The van der Waals surface area contributed by atoms with E-state index in [9.17, 15) is 4.79 Å². The van der Waals surface area contributed by atoms with Gasteiger partial charge < -0.3 is 20.1 Å². The summed E-state index contributed by atoms with van der Waals surface area (Å²) in [7, 11) is 3.16. The zero-order valence-electron chi connectivity index (χ0n) is 12.2.